The molecule has 3 aromatic rings. The highest BCUT2D eigenvalue weighted by Gasteiger charge is 2.05. The van der Waals surface area contributed by atoms with Crippen molar-refractivity contribution >= 4 is 29.1 Å². The number of anilines is 3. The molecule has 0 aliphatic rings. The van der Waals surface area contributed by atoms with Gasteiger partial charge in [-0.3, -0.25) is 0 Å². The van der Waals surface area contributed by atoms with Crippen LogP contribution in [0.2, 0.25) is 5.02 Å². The lowest BCUT2D eigenvalue weighted by molar-refractivity contribution is 0.610. The summed E-state index contributed by atoms with van der Waals surface area (Å²) in [5.74, 6) is 0.982. The van der Waals surface area contributed by atoms with Gasteiger partial charge >= 0.3 is 0 Å². The van der Waals surface area contributed by atoms with Crippen LogP contribution in [0.15, 0.2) is 54.6 Å². The van der Waals surface area contributed by atoms with Crippen molar-refractivity contribution in [2.24, 2.45) is 0 Å². The van der Waals surface area contributed by atoms with E-state index in [0.717, 1.165) is 11.4 Å². The van der Waals surface area contributed by atoms with Crippen molar-refractivity contribution < 1.29 is 4.39 Å². The molecule has 0 spiro atoms. The summed E-state index contributed by atoms with van der Waals surface area (Å²) in [4.78, 5) is 8.82. The van der Waals surface area contributed by atoms with Gasteiger partial charge in [0.1, 0.15) is 11.6 Å². The van der Waals surface area contributed by atoms with Crippen molar-refractivity contribution in [1.82, 2.24) is 9.97 Å². The molecule has 6 heteroatoms. The molecule has 0 atom stereocenters. The lowest BCUT2D eigenvalue weighted by Gasteiger charge is -2.10. The van der Waals surface area contributed by atoms with E-state index >= 15 is 0 Å². The zero-order chi connectivity index (χ0) is 17.6. The van der Waals surface area contributed by atoms with Crippen molar-refractivity contribution in [3.8, 4) is 0 Å². The number of aromatic nitrogens is 2. The molecule has 128 valence electrons. The Balaban J connectivity index is 1.66. The number of nitrogens with one attached hydrogen (secondary N) is 2. The molecular formula is C19H18ClFN4. The number of hydrogen-bond donors (Lipinski definition) is 2. The van der Waals surface area contributed by atoms with E-state index in [1.165, 1.54) is 6.07 Å². The first-order chi connectivity index (χ1) is 12.1. The van der Waals surface area contributed by atoms with Gasteiger partial charge in [-0.2, -0.15) is 4.98 Å². The predicted octanol–water partition coefficient (Wildman–Crippen LogP) is 4.98. The van der Waals surface area contributed by atoms with Crippen molar-refractivity contribution in [2.45, 2.75) is 13.3 Å². The van der Waals surface area contributed by atoms with Gasteiger partial charge in [-0.05, 0) is 43.2 Å². The number of benzene rings is 2. The van der Waals surface area contributed by atoms with E-state index < -0.39 is 0 Å². The topological polar surface area (TPSA) is 49.8 Å². The third kappa shape index (κ3) is 4.90. The molecule has 1 aromatic heterocycles. The number of rotatable bonds is 6. The summed E-state index contributed by atoms with van der Waals surface area (Å²) in [6.45, 7) is 2.47. The van der Waals surface area contributed by atoms with Crippen LogP contribution in [0, 0.1) is 12.7 Å². The fourth-order valence-electron chi connectivity index (χ4n) is 2.44. The standard InChI is InChI=1S/C19H18ClFN4/c1-13-11-18(22-10-9-14-5-2-3-8-17(14)21)25-19(23-13)24-16-7-4-6-15(20)12-16/h2-8,11-12H,9-10H2,1H3,(H2,22,23,24,25). The fourth-order valence-corrected chi connectivity index (χ4v) is 2.63. The number of nitrogens with zero attached hydrogens (tertiary/aromatic N) is 2. The molecule has 4 nitrogen and oxygen atoms in total. The monoisotopic (exact) mass is 356 g/mol. The largest absolute Gasteiger partial charge is 0.370 e. The Labute approximate surface area is 151 Å². The molecule has 1 heterocycles. The van der Waals surface area contributed by atoms with Crippen LogP contribution in [0.1, 0.15) is 11.3 Å². The van der Waals surface area contributed by atoms with E-state index in [9.17, 15) is 4.39 Å². The Morgan fingerprint density at radius 1 is 1.04 bits per heavy atom. The molecular weight excluding hydrogens is 339 g/mol. The van der Waals surface area contributed by atoms with E-state index in [2.05, 4.69) is 20.6 Å². The molecule has 0 aliphatic heterocycles. The minimum absolute atomic E-state index is 0.188. The van der Waals surface area contributed by atoms with Gasteiger partial charge < -0.3 is 10.6 Å². The molecule has 0 amide bonds. The average Bonchev–Trinajstić information content (AvgIpc) is 2.56. The van der Waals surface area contributed by atoms with E-state index in [1.54, 1.807) is 24.3 Å². The van der Waals surface area contributed by atoms with Crippen LogP contribution in [0.3, 0.4) is 0 Å². The van der Waals surface area contributed by atoms with Gasteiger partial charge in [-0.1, -0.05) is 35.9 Å². The molecule has 3 rings (SSSR count). The van der Waals surface area contributed by atoms with Crippen LogP contribution in [-0.2, 0) is 6.42 Å². The second kappa shape index (κ2) is 7.94. The summed E-state index contributed by atoms with van der Waals surface area (Å²) in [5, 5.41) is 6.99. The number of hydrogen-bond acceptors (Lipinski definition) is 4. The third-order valence-electron chi connectivity index (χ3n) is 3.59. The second-order valence-electron chi connectivity index (χ2n) is 5.62. The Hall–Kier alpha value is -2.66. The summed E-state index contributed by atoms with van der Waals surface area (Å²) in [5.41, 5.74) is 2.32. The highest BCUT2D eigenvalue weighted by molar-refractivity contribution is 6.30. The summed E-state index contributed by atoms with van der Waals surface area (Å²) >= 11 is 5.99. The molecule has 0 radical (unpaired) electrons. The molecule has 0 saturated carbocycles. The summed E-state index contributed by atoms with van der Waals surface area (Å²) in [7, 11) is 0. The highest BCUT2D eigenvalue weighted by Crippen LogP contribution is 2.19. The van der Waals surface area contributed by atoms with Crippen LogP contribution in [0.25, 0.3) is 0 Å². The fraction of sp³-hybridized carbons (Fsp3) is 0.158. The minimum atomic E-state index is -0.188. The third-order valence-corrected chi connectivity index (χ3v) is 3.83. The maximum Gasteiger partial charge on any atom is 0.229 e. The Kier molecular flexibility index (Phi) is 5.46. The molecule has 0 aliphatic carbocycles. The average molecular weight is 357 g/mol. The zero-order valence-electron chi connectivity index (χ0n) is 13.8. The van der Waals surface area contributed by atoms with Gasteiger partial charge in [0, 0.05) is 29.0 Å². The molecule has 0 unspecified atom stereocenters. The summed E-state index contributed by atoms with van der Waals surface area (Å²) < 4.78 is 13.6. The summed E-state index contributed by atoms with van der Waals surface area (Å²) in [6, 6.07) is 16.0. The zero-order valence-corrected chi connectivity index (χ0v) is 14.5. The first kappa shape index (κ1) is 17.2. The van der Waals surface area contributed by atoms with E-state index in [-0.39, 0.29) is 5.82 Å². The van der Waals surface area contributed by atoms with Gasteiger partial charge in [-0.15, -0.1) is 0 Å². The molecule has 2 aromatic carbocycles. The summed E-state index contributed by atoms with van der Waals surface area (Å²) in [6.07, 6.45) is 0.576. The van der Waals surface area contributed by atoms with E-state index in [4.69, 9.17) is 11.6 Å². The van der Waals surface area contributed by atoms with Crippen molar-refractivity contribution in [1.29, 1.82) is 0 Å². The van der Waals surface area contributed by atoms with E-state index in [1.807, 2.05) is 31.2 Å². The van der Waals surface area contributed by atoms with Crippen molar-refractivity contribution in [3.05, 3.63) is 76.7 Å². The second-order valence-corrected chi connectivity index (χ2v) is 6.06. The van der Waals surface area contributed by atoms with Gasteiger partial charge in [-0.25, -0.2) is 9.37 Å². The van der Waals surface area contributed by atoms with Gasteiger partial charge in [0.2, 0.25) is 5.95 Å². The molecule has 2 N–H and O–H groups in total. The lowest BCUT2D eigenvalue weighted by atomic mass is 10.1. The maximum absolute atomic E-state index is 13.6. The van der Waals surface area contributed by atoms with Crippen molar-refractivity contribution in [3.63, 3.8) is 0 Å². The number of halogens is 2. The first-order valence-corrected chi connectivity index (χ1v) is 8.33. The number of aryl methyl sites for hydroxylation is 1. The SMILES string of the molecule is Cc1cc(NCCc2ccccc2F)nc(Nc2cccc(Cl)c2)n1. The molecule has 0 saturated heterocycles. The lowest BCUT2D eigenvalue weighted by Crippen LogP contribution is -2.09. The first-order valence-electron chi connectivity index (χ1n) is 7.96. The van der Waals surface area contributed by atoms with E-state index in [0.29, 0.717) is 35.3 Å². The minimum Gasteiger partial charge on any atom is -0.370 e. The van der Waals surface area contributed by atoms with Gasteiger partial charge in [0.15, 0.2) is 0 Å². The van der Waals surface area contributed by atoms with Crippen LogP contribution >= 0.6 is 11.6 Å². The van der Waals surface area contributed by atoms with Crippen LogP contribution in [-0.4, -0.2) is 16.5 Å². The van der Waals surface area contributed by atoms with Crippen LogP contribution in [0.4, 0.5) is 21.8 Å². The highest BCUT2D eigenvalue weighted by atomic mass is 35.5. The van der Waals surface area contributed by atoms with Gasteiger partial charge in [0.25, 0.3) is 0 Å². The Bertz CT molecular complexity index is 870. The quantitative estimate of drug-likeness (QED) is 0.654. The molecule has 0 fully saturated rings. The van der Waals surface area contributed by atoms with Crippen LogP contribution in [0.5, 0.6) is 0 Å². The van der Waals surface area contributed by atoms with Crippen LogP contribution < -0.4 is 10.6 Å². The predicted molar refractivity (Wildman–Crippen MR) is 100 cm³/mol. The Morgan fingerprint density at radius 3 is 2.68 bits per heavy atom. The molecule has 0 bridgehead atoms. The molecule has 25 heavy (non-hydrogen) atoms. The normalized spacial score (nSPS) is 10.5. The maximum atomic E-state index is 13.6. The smallest absolute Gasteiger partial charge is 0.229 e. The van der Waals surface area contributed by atoms with Crippen molar-refractivity contribution in [2.75, 3.05) is 17.2 Å². The Morgan fingerprint density at radius 2 is 1.88 bits per heavy atom. The van der Waals surface area contributed by atoms with Gasteiger partial charge in [0.05, 0.1) is 0 Å².